The van der Waals surface area contributed by atoms with Gasteiger partial charge in [0.05, 0.1) is 0 Å². The Bertz CT molecular complexity index is 77.0. The first kappa shape index (κ1) is 9.27. The first-order valence-corrected chi connectivity index (χ1v) is 3.30. The Morgan fingerprint density at radius 1 is 1.11 bits per heavy atom. The van der Waals surface area contributed by atoms with E-state index in [0.717, 1.165) is 0 Å². The first-order chi connectivity index (χ1) is 3.93. The van der Waals surface area contributed by atoms with Crippen LogP contribution in [0.25, 0.3) is 0 Å². The molecule has 1 rings (SSSR count). The molecule has 54 valence electrons. The number of piperidine rings is 1. The van der Waals surface area contributed by atoms with Crippen molar-refractivity contribution in [3.63, 3.8) is 0 Å². The van der Waals surface area contributed by atoms with Crippen molar-refractivity contribution in [1.82, 2.24) is 4.90 Å². The Kier molecular flexibility index (Phi) is 5.24. The van der Waals surface area contributed by atoms with Gasteiger partial charge >= 0.3 is 0 Å². The smallest absolute Gasteiger partial charge is 0.0172 e. The lowest BCUT2D eigenvalue weighted by Gasteiger charge is -2.23. The number of halogens is 1. The van der Waals surface area contributed by atoms with E-state index in [-0.39, 0.29) is 24.0 Å². The molecule has 0 aromatic carbocycles. The summed E-state index contributed by atoms with van der Waals surface area (Å²) in [5.41, 5.74) is 0. The molecule has 2 heteroatoms. The zero-order valence-electron chi connectivity index (χ0n) is 5.68. The Morgan fingerprint density at radius 2 is 1.67 bits per heavy atom. The van der Waals surface area contributed by atoms with Crippen LogP contribution in [0.1, 0.15) is 19.3 Å². The monoisotopic (exact) mass is 239 g/mol. The molecule has 1 nitrogen and oxygen atoms in total. The standard InChI is InChI=1S/C7H13N.HI/c1-2-8-6-4-3-5-7-8;/h2H,1,3-7H2;1H. The lowest BCUT2D eigenvalue weighted by Crippen LogP contribution is -2.23. The van der Waals surface area contributed by atoms with Crippen LogP contribution >= 0.6 is 24.0 Å². The molecule has 1 fully saturated rings. The Labute approximate surface area is 74.1 Å². The third kappa shape index (κ3) is 3.08. The summed E-state index contributed by atoms with van der Waals surface area (Å²) < 4.78 is 0. The van der Waals surface area contributed by atoms with E-state index in [1.807, 2.05) is 6.20 Å². The highest BCUT2D eigenvalue weighted by atomic mass is 127. The second-order valence-corrected chi connectivity index (χ2v) is 2.28. The number of rotatable bonds is 1. The topological polar surface area (TPSA) is 3.24 Å². The molecule has 0 aromatic rings. The number of likely N-dealkylation sites (tertiary alicyclic amines) is 1. The molecule has 0 bridgehead atoms. The third-order valence-electron chi connectivity index (χ3n) is 1.65. The van der Waals surface area contributed by atoms with Crippen molar-refractivity contribution in [3.8, 4) is 0 Å². The van der Waals surface area contributed by atoms with Crippen LogP contribution in [0.4, 0.5) is 0 Å². The maximum atomic E-state index is 3.71. The maximum absolute atomic E-state index is 3.71. The molecule has 0 saturated carbocycles. The van der Waals surface area contributed by atoms with Crippen molar-refractivity contribution >= 4 is 24.0 Å². The quantitative estimate of drug-likeness (QED) is 0.634. The fourth-order valence-electron chi connectivity index (χ4n) is 1.10. The second kappa shape index (κ2) is 5.09. The molecule has 1 saturated heterocycles. The highest BCUT2D eigenvalue weighted by molar-refractivity contribution is 14.0. The highest BCUT2D eigenvalue weighted by Gasteiger charge is 2.02. The van der Waals surface area contributed by atoms with Gasteiger partial charge in [-0.25, -0.2) is 0 Å². The summed E-state index contributed by atoms with van der Waals surface area (Å²) in [6, 6.07) is 0. The lowest BCUT2D eigenvalue weighted by molar-refractivity contribution is 0.310. The average molecular weight is 239 g/mol. The Hall–Kier alpha value is 0.270. The molecule has 0 atom stereocenters. The Balaban J connectivity index is 0.000000640. The van der Waals surface area contributed by atoms with Gasteiger partial charge < -0.3 is 4.90 Å². The minimum absolute atomic E-state index is 0. The van der Waals surface area contributed by atoms with E-state index in [2.05, 4.69) is 11.5 Å². The van der Waals surface area contributed by atoms with Gasteiger partial charge in [0.2, 0.25) is 0 Å². The largest absolute Gasteiger partial charge is 0.378 e. The second-order valence-electron chi connectivity index (χ2n) is 2.28. The zero-order valence-corrected chi connectivity index (χ0v) is 8.01. The van der Waals surface area contributed by atoms with Gasteiger partial charge in [0.1, 0.15) is 0 Å². The molecule has 1 aliphatic rings. The first-order valence-electron chi connectivity index (χ1n) is 3.30. The van der Waals surface area contributed by atoms with Crippen LogP contribution in [-0.2, 0) is 0 Å². The van der Waals surface area contributed by atoms with Crippen LogP contribution in [-0.4, -0.2) is 18.0 Å². The Morgan fingerprint density at radius 3 is 2.00 bits per heavy atom. The van der Waals surface area contributed by atoms with Crippen LogP contribution in [0.2, 0.25) is 0 Å². The molecule has 0 radical (unpaired) electrons. The molecule has 9 heavy (non-hydrogen) atoms. The highest BCUT2D eigenvalue weighted by Crippen LogP contribution is 2.07. The van der Waals surface area contributed by atoms with Gasteiger partial charge in [0, 0.05) is 13.1 Å². The molecule has 0 aromatic heterocycles. The van der Waals surface area contributed by atoms with E-state index in [1.54, 1.807) is 0 Å². The molecular weight excluding hydrogens is 225 g/mol. The van der Waals surface area contributed by atoms with Crippen molar-refractivity contribution < 1.29 is 0 Å². The molecule has 0 aliphatic carbocycles. The van der Waals surface area contributed by atoms with E-state index >= 15 is 0 Å². The number of hydrogen-bond donors (Lipinski definition) is 0. The molecule has 0 unspecified atom stereocenters. The molecular formula is C7H14IN. The van der Waals surface area contributed by atoms with Crippen LogP contribution in [0.15, 0.2) is 12.8 Å². The summed E-state index contributed by atoms with van der Waals surface area (Å²) in [6.07, 6.45) is 6.06. The van der Waals surface area contributed by atoms with E-state index < -0.39 is 0 Å². The van der Waals surface area contributed by atoms with E-state index in [1.165, 1.54) is 32.4 Å². The molecule has 1 heterocycles. The number of nitrogens with zero attached hydrogens (tertiary/aromatic N) is 1. The lowest BCUT2D eigenvalue weighted by atomic mass is 10.1. The minimum atomic E-state index is 0. The van der Waals surface area contributed by atoms with E-state index in [4.69, 9.17) is 0 Å². The van der Waals surface area contributed by atoms with Gasteiger partial charge in [-0.1, -0.05) is 6.58 Å². The molecule has 0 N–H and O–H groups in total. The fraction of sp³-hybridized carbons (Fsp3) is 0.714. The van der Waals surface area contributed by atoms with Gasteiger partial charge in [-0.3, -0.25) is 0 Å². The van der Waals surface area contributed by atoms with Gasteiger partial charge in [-0.05, 0) is 25.5 Å². The van der Waals surface area contributed by atoms with Crippen molar-refractivity contribution in [3.05, 3.63) is 12.8 Å². The summed E-state index contributed by atoms with van der Waals surface area (Å²) >= 11 is 0. The van der Waals surface area contributed by atoms with Crippen LogP contribution in [0.5, 0.6) is 0 Å². The molecule has 1 aliphatic heterocycles. The van der Waals surface area contributed by atoms with Crippen molar-refractivity contribution in [2.75, 3.05) is 13.1 Å². The summed E-state index contributed by atoms with van der Waals surface area (Å²) in [5, 5.41) is 0. The summed E-state index contributed by atoms with van der Waals surface area (Å²) in [7, 11) is 0. The predicted molar refractivity (Wildman–Crippen MR) is 51.0 cm³/mol. The van der Waals surface area contributed by atoms with Crippen LogP contribution in [0, 0.1) is 0 Å². The zero-order chi connectivity index (χ0) is 5.82. The van der Waals surface area contributed by atoms with E-state index in [0.29, 0.717) is 0 Å². The van der Waals surface area contributed by atoms with Crippen molar-refractivity contribution in [1.29, 1.82) is 0 Å². The SMILES string of the molecule is C=CN1CCCCC1.I. The van der Waals surface area contributed by atoms with Gasteiger partial charge in [0.15, 0.2) is 0 Å². The fourth-order valence-corrected chi connectivity index (χ4v) is 1.10. The summed E-state index contributed by atoms with van der Waals surface area (Å²) in [4.78, 5) is 2.28. The number of hydrogen-bond acceptors (Lipinski definition) is 1. The normalized spacial score (nSPS) is 18.4. The van der Waals surface area contributed by atoms with Crippen molar-refractivity contribution in [2.24, 2.45) is 0 Å². The molecule has 0 spiro atoms. The van der Waals surface area contributed by atoms with Crippen molar-refractivity contribution in [2.45, 2.75) is 19.3 Å². The summed E-state index contributed by atoms with van der Waals surface area (Å²) in [5.74, 6) is 0. The maximum Gasteiger partial charge on any atom is 0.0172 e. The van der Waals surface area contributed by atoms with Gasteiger partial charge in [-0.2, -0.15) is 0 Å². The van der Waals surface area contributed by atoms with Crippen LogP contribution in [0.3, 0.4) is 0 Å². The minimum Gasteiger partial charge on any atom is -0.378 e. The van der Waals surface area contributed by atoms with Crippen LogP contribution < -0.4 is 0 Å². The third-order valence-corrected chi connectivity index (χ3v) is 1.65. The predicted octanol–water partition coefficient (Wildman–Crippen LogP) is 2.23. The summed E-state index contributed by atoms with van der Waals surface area (Å²) in [6.45, 7) is 6.16. The average Bonchev–Trinajstić information content (AvgIpc) is 1.90. The van der Waals surface area contributed by atoms with Gasteiger partial charge in [0.25, 0.3) is 0 Å². The van der Waals surface area contributed by atoms with Gasteiger partial charge in [-0.15, -0.1) is 24.0 Å². The van der Waals surface area contributed by atoms with E-state index in [9.17, 15) is 0 Å². The molecule has 0 amide bonds.